The number of nitrogens with zero attached hydrogens (tertiary/aromatic N) is 2. The summed E-state index contributed by atoms with van der Waals surface area (Å²) in [5.74, 6) is 0.624. The van der Waals surface area contributed by atoms with E-state index in [0.717, 1.165) is 13.0 Å². The third-order valence-corrected chi connectivity index (χ3v) is 2.20. The van der Waals surface area contributed by atoms with Gasteiger partial charge in [0.15, 0.2) is 0 Å². The van der Waals surface area contributed by atoms with Gasteiger partial charge in [0.25, 0.3) is 0 Å². The normalized spacial score (nSPS) is 14.1. The molecule has 0 radical (unpaired) electrons. The minimum atomic E-state index is -4.21. The molecule has 1 aromatic rings. The van der Waals surface area contributed by atoms with Crippen molar-refractivity contribution in [2.45, 2.75) is 44.9 Å². The SMILES string of the molecule is CCCn1ccnc1CC(N)CC(F)(F)F. The van der Waals surface area contributed by atoms with Gasteiger partial charge in [-0.1, -0.05) is 6.92 Å². The van der Waals surface area contributed by atoms with Gasteiger partial charge in [0.05, 0.1) is 6.42 Å². The molecule has 0 spiro atoms. The molecule has 92 valence electrons. The van der Waals surface area contributed by atoms with E-state index in [9.17, 15) is 13.2 Å². The second kappa shape index (κ2) is 5.34. The maximum atomic E-state index is 12.1. The van der Waals surface area contributed by atoms with Gasteiger partial charge in [0.1, 0.15) is 5.82 Å². The van der Waals surface area contributed by atoms with Crippen molar-refractivity contribution in [3.05, 3.63) is 18.2 Å². The lowest BCUT2D eigenvalue weighted by Crippen LogP contribution is -2.30. The molecule has 0 saturated heterocycles. The lowest BCUT2D eigenvalue weighted by Gasteiger charge is -2.14. The zero-order valence-electron chi connectivity index (χ0n) is 9.17. The van der Waals surface area contributed by atoms with E-state index in [-0.39, 0.29) is 6.42 Å². The van der Waals surface area contributed by atoms with Crippen LogP contribution in [0.25, 0.3) is 0 Å². The summed E-state index contributed by atoms with van der Waals surface area (Å²) in [4.78, 5) is 4.02. The van der Waals surface area contributed by atoms with Crippen LogP contribution < -0.4 is 5.73 Å². The fourth-order valence-corrected chi connectivity index (χ4v) is 1.58. The molecule has 0 saturated carbocycles. The standard InChI is InChI=1S/C10H16F3N3/c1-2-4-16-5-3-15-9(16)6-8(14)7-10(11,12)13/h3,5,8H,2,4,6-7,14H2,1H3. The van der Waals surface area contributed by atoms with Crippen LogP contribution in [0.1, 0.15) is 25.6 Å². The highest BCUT2D eigenvalue weighted by Crippen LogP contribution is 2.21. The molecule has 0 aromatic carbocycles. The number of hydrogen-bond donors (Lipinski definition) is 1. The first-order valence-electron chi connectivity index (χ1n) is 5.24. The Labute approximate surface area is 92.5 Å². The van der Waals surface area contributed by atoms with E-state index in [2.05, 4.69) is 4.98 Å². The van der Waals surface area contributed by atoms with E-state index in [1.54, 1.807) is 12.4 Å². The Hall–Kier alpha value is -1.04. The second-order valence-electron chi connectivity index (χ2n) is 3.82. The Morgan fingerprint density at radius 2 is 2.19 bits per heavy atom. The number of nitrogens with two attached hydrogens (primary N) is 1. The molecule has 0 amide bonds. The van der Waals surface area contributed by atoms with Gasteiger partial charge in [-0.05, 0) is 6.42 Å². The van der Waals surface area contributed by atoms with Crippen molar-refractivity contribution in [1.82, 2.24) is 9.55 Å². The van der Waals surface area contributed by atoms with Gasteiger partial charge < -0.3 is 10.3 Å². The van der Waals surface area contributed by atoms with Gasteiger partial charge in [0, 0.05) is 31.4 Å². The lowest BCUT2D eigenvalue weighted by molar-refractivity contribution is -0.138. The molecule has 1 heterocycles. The number of aryl methyl sites for hydroxylation is 1. The minimum absolute atomic E-state index is 0.159. The van der Waals surface area contributed by atoms with Gasteiger partial charge in [-0.15, -0.1) is 0 Å². The van der Waals surface area contributed by atoms with Crippen LogP contribution in [-0.4, -0.2) is 21.8 Å². The highest BCUT2D eigenvalue weighted by Gasteiger charge is 2.30. The highest BCUT2D eigenvalue weighted by molar-refractivity contribution is 4.95. The summed E-state index contributed by atoms with van der Waals surface area (Å²) in [5.41, 5.74) is 5.44. The summed E-state index contributed by atoms with van der Waals surface area (Å²) in [6.07, 6.45) is -0.748. The van der Waals surface area contributed by atoms with E-state index in [1.807, 2.05) is 11.5 Å². The molecule has 1 unspecified atom stereocenters. The molecule has 0 aliphatic heterocycles. The molecule has 0 aliphatic carbocycles. The molecule has 1 atom stereocenters. The van der Waals surface area contributed by atoms with Crippen molar-refractivity contribution in [3.63, 3.8) is 0 Å². The van der Waals surface area contributed by atoms with E-state index >= 15 is 0 Å². The van der Waals surface area contributed by atoms with Crippen molar-refractivity contribution >= 4 is 0 Å². The summed E-state index contributed by atoms with van der Waals surface area (Å²) in [7, 11) is 0. The maximum absolute atomic E-state index is 12.1. The fourth-order valence-electron chi connectivity index (χ4n) is 1.58. The minimum Gasteiger partial charge on any atom is -0.335 e. The van der Waals surface area contributed by atoms with Gasteiger partial charge in [-0.3, -0.25) is 0 Å². The molecule has 0 fully saturated rings. The first kappa shape index (κ1) is 13.0. The van der Waals surface area contributed by atoms with Crippen LogP contribution in [0.4, 0.5) is 13.2 Å². The van der Waals surface area contributed by atoms with Crippen molar-refractivity contribution in [3.8, 4) is 0 Å². The Balaban J connectivity index is 2.55. The lowest BCUT2D eigenvalue weighted by atomic mass is 10.1. The zero-order valence-corrected chi connectivity index (χ0v) is 9.17. The molecular weight excluding hydrogens is 219 g/mol. The van der Waals surface area contributed by atoms with E-state index in [1.165, 1.54) is 0 Å². The van der Waals surface area contributed by atoms with Crippen LogP contribution >= 0.6 is 0 Å². The Bertz CT molecular complexity index is 319. The molecule has 6 heteroatoms. The quantitative estimate of drug-likeness (QED) is 0.849. The number of aromatic nitrogens is 2. The molecule has 16 heavy (non-hydrogen) atoms. The number of rotatable bonds is 5. The maximum Gasteiger partial charge on any atom is 0.390 e. The smallest absolute Gasteiger partial charge is 0.335 e. The van der Waals surface area contributed by atoms with Gasteiger partial charge in [-0.2, -0.15) is 13.2 Å². The summed E-state index contributed by atoms with van der Waals surface area (Å²) in [6.45, 7) is 2.76. The summed E-state index contributed by atoms with van der Waals surface area (Å²) < 4.78 is 38.1. The average Bonchev–Trinajstić information content (AvgIpc) is 2.50. The van der Waals surface area contributed by atoms with Crippen LogP contribution in [0.5, 0.6) is 0 Å². The van der Waals surface area contributed by atoms with E-state index < -0.39 is 18.6 Å². The predicted molar refractivity (Wildman–Crippen MR) is 54.9 cm³/mol. The molecular formula is C10H16F3N3. The van der Waals surface area contributed by atoms with Crippen LogP contribution in [0.3, 0.4) is 0 Å². The third-order valence-electron chi connectivity index (χ3n) is 2.20. The Kier molecular flexibility index (Phi) is 4.35. The summed E-state index contributed by atoms with van der Waals surface area (Å²) in [6, 6.07) is -0.919. The van der Waals surface area contributed by atoms with E-state index in [4.69, 9.17) is 5.73 Å². The van der Waals surface area contributed by atoms with Gasteiger partial charge in [0.2, 0.25) is 0 Å². The zero-order chi connectivity index (χ0) is 12.2. The molecule has 1 rings (SSSR count). The molecule has 3 nitrogen and oxygen atoms in total. The van der Waals surface area contributed by atoms with Crippen LogP contribution in [0.15, 0.2) is 12.4 Å². The number of halogens is 3. The van der Waals surface area contributed by atoms with Crippen molar-refractivity contribution in [2.24, 2.45) is 5.73 Å². The van der Waals surface area contributed by atoms with Crippen LogP contribution in [0.2, 0.25) is 0 Å². The number of alkyl halides is 3. The predicted octanol–water partition coefficient (Wildman–Crippen LogP) is 2.12. The van der Waals surface area contributed by atoms with Gasteiger partial charge >= 0.3 is 6.18 Å². The third kappa shape index (κ3) is 4.22. The van der Waals surface area contributed by atoms with Crippen molar-refractivity contribution in [1.29, 1.82) is 0 Å². The van der Waals surface area contributed by atoms with E-state index in [0.29, 0.717) is 5.82 Å². The number of imidazole rings is 1. The largest absolute Gasteiger partial charge is 0.390 e. The van der Waals surface area contributed by atoms with Crippen molar-refractivity contribution in [2.75, 3.05) is 0 Å². The highest BCUT2D eigenvalue weighted by atomic mass is 19.4. The summed E-state index contributed by atoms with van der Waals surface area (Å²) >= 11 is 0. The molecule has 0 aliphatic rings. The first-order chi connectivity index (χ1) is 7.42. The second-order valence-corrected chi connectivity index (χ2v) is 3.82. The Morgan fingerprint density at radius 1 is 1.50 bits per heavy atom. The van der Waals surface area contributed by atoms with Crippen molar-refractivity contribution < 1.29 is 13.2 Å². The van der Waals surface area contributed by atoms with Gasteiger partial charge in [-0.25, -0.2) is 4.98 Å². The fraction of sp³-hybridized carbons (Fsp3) is 0.700. The molecule has 2 N–H and O–H groups in total. The average molecular weight is 235 g/mol. The molecule has 0 bridgehead atoms. The topological polar surface area (TPSA) is 43.8 Å². The molecule has 1 aromatic heterocycles. The summed E-state index contributed by atoms with van der Waals surface area (Å²) in [5, 5.41) is 0. The Morgan fingerprint density at radius 3 is 2.75 bits per heavy atom. The van der Waals surface area contributed by atoms with Crippen LogP contribution in [0, 0.1) is 0 Å². The number of hydrogen-bond acceptors (Lipinski definition) is 2. The monoisotopic (exact) mass is 235 g/mol. The first-order valence-corrected chi connectivity index (χ1v) is 5.24. The van der Waals surface area contributed by atoms with Crippen LogP contribution in [-0.2, 0) is 13.0 Å².